The van der Waals surface area contributed by atoms with Crippen molar-refractivity contribution in [2.24, 2.45) is 0 Å². The van der Waals surface area contributed by atoms with Gasteiger partial charge in [0.15, 0.2) is 0 Å². The van der Waals surface area contributed by atoms with Gasteiger partial charge in [-0.05, 0) is 31.4 Å². The number of hydrogen-bond donors (Lipinski definition) is 2. The Morgan fingerprint density at radius 1 is 1.43 bits per heavy atom. The molecule has 0 aromatic heterocycles. The number of urea groups is 1. The van der Waals surface area contributed by atoms with Crippen molar-refractivity contribution < 1.29 is 14.7 Å². The number of carbonyl (C=O) groups excluding carboxylic acids is 1. The first-order valence-electron chi connectivity index (χ1n) is 7.44. The molecule has 2 atom stereocenters. The molecule has 0 fully saturated rings. The lowest BCUT2D eigenvalue weighted by Gasteiger charge is -2.33. The van der Waals surface area contributed by atoms with Gasteiger partial charge in [-0.25, -0.2) is 4.79 Å². The summed E-state index contributed by atoms with van der Waals surface area (Å²) in [6.45, 7) is 4.49. The van der Waals surface area contributed by atoms with E-state index >= 15 is 0 Å². The van der Waals surface area contributed by atoms with Crippen LogP contribution in [0.5, 0.6) is 0 Å². The van der Waals surface area contributed by atoms with Gasteiger partial charge in [-0.2, -0.15) is 0 Å². The smallest absolute Gasteiger partial charge is 0.322 e. The summed E-state index contributed by atoms with van der Waals surface area (Å²) in [5.41, 5.74) is 1.42. The van der Waals surface area contributed by atoms with Gasteiger partial charge in [-0.1, -0.05) is 31.5 Å². The SMILES string of the molecule is CCCC(C)NC(=O)N1CCC(C(=O)O)c2ccccc21. The summed E-state index contributed by atoms with van der Waals surface area (Å²) in [5, 5.41) is 12.3. The van der Waals surface area contributed by atoms with Gasteiger partial charge in [0.25, 0.3) is 0 Å². The van der Waals surface area contributed by atoms with Crippen LogP contribution < -0.4 is 10.2 Å². The topological polar surface area (TPSA) is 69.6 Å². The lowest BCUT2D eigenvalue weighted by Crippen LogP contribution is -2.47. The number of aliphatic carboxylic acids is 1. The van der Waals surface area contributed by atoms with Gasteiger partial charge in [0.2, 0.25) is 0 Å². The second kappa shape index (κ2) is 6.61. The zero-order valence-corrected chi connectivity index (χ0v) is 12.5. The molecule has 114 valence electrons. The van der Waals surface area contributed by atoms with E-state index in [9.17, 15) is 14.7 Å². The summed E-state index contributed by atoms with van der Waals surface area (Å²) in [5.74, 6) is -1.36. The molecule has 2 rings (SSSR count). The first-order chi connectivity index (χ1) is 10.0. The minimum Gasteiger partial charge on any atom is -0.481 e. The summed E-state index contributed by atoms with van der Waals surface area (Å²) in [6, 6.07) is 7.23. The molecule has 2 N–H and O–H groups in total. The average molecular weight is 290 g/mol. The Balaban J connectivity index is 2.21. The van der Waals surface area contributed by atoms with Gasteiger partial charge in [0, 0.05) is 18.3 Å². The summed E-state index contributed by atoms with van der Waals surface area (Å²) in [7, 11) is 0. The summed E-state index contributed by atoms with van der Waals surface area (Å²) in [6.07, 6.45) is 2.39. The number of anilines is 1. The maximum absolute atomic E-state index is 12.4. The fourth-order valence-corrected chi connectivity index (χ4v) is 2.82. The molecule has 5 heteroatoms. The lowest BCUT2D eigenvalue weighted by molar-refractivity contribution is -0.139. The molecule has 2 amide bonds. The van der Waals surface area contributed by atoms with E-state index in [0.29, 0.717) is 18.7 Å². The van der Waals surface area contributed by atoms with Crippen LogP contribution in [0.25, 0.3) is 0 Å². The third-order valence-corrected chi connectivity index (χ3v) is 3.88. The highest BCUT2D eigenvalue weighted by molar-refractivity contribution is 5.95. The van der Waals surface area contributed by atoms with Crippen LogP contribution in [-0.2, 0) is 4.79 Å². The number of hydrogen-bond acceptors (Lipinski definition) is 2. The Kier molecular flexibility index (Phi) is 4.83. The molecule has 1 aromatic rings. The Bertz CT molecular complexity index is 530. The molecule has 5 nitrogen and oxygen atoms in total. The summed E-state index contributed by atoms with van der Waals surface area (Å²) < 4.78 is 0. The van der Waals surface area contributed by atoms with Crippen LogP contribution in [0.2, 0.25) is 0 Å². The monoisotopic (exact) mass is 290 g/mol. The van der Waals surface area contributed by atoms with Crippen LogP contribution in [-0.4, -0.2) is 29.7 Å². The van der Waals surface area contributed by atoms with E-state index in [2.05, 4.69) is 12.2 Å². The molecule has 21 heavy (non-hydrogen) atoms. The standard InChI is InChI=1S/C16H22N2O3/c1-3-6-11(2)17-16(21)18-10-9-13(15(19)20)12-7-4-5-8-14(12)18/h4-5,7-8,11,13H,3,6,9-10H2,1-2H3,(H,17,21)(H,19,20). The molecular weight excluding hydrogens is 268 g/mol. The van der Waals surface area contributed by atoms with Crippen molar-refractivity contribution in [3.63, 3.8) is 0 Å². The van der Waals surface area contributed by atoms with Crippen molar-refractivity contribution in [2.45, 2.75) is 45.1 Å². The number of para-hydroxylation sites is 1. The number of rotatable bonds is 4. The lowest BCUT2D eigenvalue weighted by atomic mass is 9.90. The molecule has 0 saturated carbocycles. The van der Waals surface area contributed by atoms with E-state index < -0.39 is 11.9 Å². The van der Waals surface area contributed by atoms with Crippen LogP contribution in [0.1, 0.15) is 44.6 Å². The van der Waals surface area contributed by atoms with E-state index in [1.807, 2.05) is 25.1 Å². The van der Waals surface area contributed by atoms with Crippen LogP contribution >= 0.6 is 0 Å². The van der Waals surface area contributed by atoms with Crippen LogP contribution in [0.4, 0.5) is 10.5 Å². The van der Waals surface area contributed by atoms with Crippen molar-refractivity contribution in [1.29, 1.82) is 0 Å². The van der Waals surface area contributed by atoms with Gasteiger partial charge >= 0.3 is 12.0 Å². The van der Waals surface area contributed by atoms with Crippen LogP contribution in [0, 0.1) is 0 Å². The number of fused-ring (bicyclic) bond motifs is 1. The molecular formula is C16H22N2O3. The second-order valence-corrected chi connectivity index (χ2v) is 5.53. The van der Waals surface area contributed by atoms with Crippen LogP contribution in [0.3, 0.4) is 0 Å². The Hall–Kier alpha value is -2.04. The molecule has 1 aliphatic heterocycles. The van der Waals surface area contributed by atoms with E-state index in [-0.39, 0.29) is 12.1 Å². The van der Waals surface area contributed by atoms with Crippen molar-refractivity contribution in [1.82, 2.24) is 5.32 Å². The average Bonchev–Trinajstić information content (AvgIpc) is 2.45. The van der Waals surface area contributed by atoms with Gasteiger partial charge < -0.3 is 10.4 Å². The quantitative estimate of drug-likeness (QED) is 0.895. The molecule has 1 aromatic carbocycles. The molecule has 0 spiro atoms. The third-order valence-electron chi connectivity index (χ3n) is 3.88. The molecule has 2 unspecified atom stereocenters. The van der Waals surface area contributed by atoms with Gasteiger partial charge in [-0.3, -0.25) is 9.69 Å². The van der Waals surface area contributed by atoms with Crippen molar-refractivity contribution in [3.8, 4) is 0 Å². The number of amides is 2. The maximum atomic E-state index is 12.4. The summed E-state index contributed by atoms with van der Waals surface area (Å²) in [4.78, 5) is 25.4. The molecule has 0 radical (unpaired) electrons. The Labute approximate surface area is 125 Å². The van der Waals surface area contributed by atoms with Crippen molar-refractivity contribution in [3.05, 3.63) is 29.8 Å². The highest BCUT2D eigenvalue weighted by Gasteiger charge is 2.32. The first kappa shape index (κ1) is 15.4. The number of carbonyl (C=O) groups is 2. The van der Waals surface area contributed by atoms with Crippen molar-refractivity contribution in [2.75, 3.05) is 11.4 Å². The zero-order chi connectivity index (χ0) is 15.4. The fraction of sp³-hybridized carbons (Fsp3) is 0.500. The van der Waals surface area contributed by atoms with Crippen LogP contribution in [0.15, 0.2) is 24.3 Å². The molecule has 0 aliphatic carbocycles. The fourth-order valence-electron chi connectivity index (χ4n) is 2.82. The van der Waals surface area contributed by atoms with Crippen molar-refractivity contribution >= 4 is 17.7 Å². The number of benzene rings is 1. The number of nitrogens with one attached hydrogen (secondary N) is 1. The minimum absolute atomic E-state index is 0.117. The molecule has 1 heterocycles. The van der Waals surface area contributed by atoms with E-state index in [1.54, 1.807) is 11.0 Å². The maximum Gasteiger partial charge on any atom is 0.322 e. The highest BCUT2D eigenvalue weighted by Crippen LogP contribution is 2.35. The predicted octanol–water partition coefficient (Wildman–Crippen LogP) is 2.96. The Morgan fingerprint density at radius 3 is 2.81 bits per heavy atom. The summed E-state index contributed by atoms with van der Waals surface area (Å²) >= 11 is 0. The predicted molar refractivity (Wildman–Crippen MR) is 81.7 cm³/mol. The second-order valence-electron chi connectivity index (χ2n) is 5.53. The van der Waals surface area contributed by atoms with E-state index in [1.165, 1.54) is 0 Å². The molecule has 0 bridgehead atoms. The minimum atomic E-state index is -0.832. The van der Waals surface area contributed by atoms with E-state index in [0.717, 1.165) is 18.4 Å². The van der Waals surface area contributed by atoms with Gasteiger partial charge in [-0.15, -0.1) is 0 Å². The largest absolute Gasteiger partial charge is 0.481 e. The molecule has 1 aliphatic rings. The normalized spacial score (nSPS) is 18.8. The van der Waals surface area contributed by atoms with Gasteiger partial charge in [0.1, 0.15) is 0 Å². The first-order valence-corrected chi connectivity index (χ1v) is 7.44. The molecule has 0 saturated heterocycles. The van der Waals surface area contributed by atoms with Gasteiger partial charge in [0.05, 0.1) is 5.92 Å². The zero-order valence-electron chi connectivity index (χ0n) is 12.5. The number of carboxylic acids is 1. The Morgan fingerprint density at radius 2 is 2.14 bits per heavy atom. The van der Waals surface area contributed by atoms with E-state index in [4.69, 9.17) is 0 Å². The highest BCUT2D eigenvalue weighted by atomic mass is 16.4. The number of carboxylic acid groups (broad SMARTS) is 1. The number of nitrogens with zero attached hydrogens (tertiary/aromatic N) is 1. The third kappa shape index (κ3) is 3.35.